The van der Waals surface area contributed by atoms with Crippen LogP contribution in [0.15, 0.2) is 60.7 Å². The third kappa shape index (κ3) is 4.43. The lowest BCUT2D eigenvalue weighted by atomic mass is 9.98. The van der Waals surface area contributed by atoms with Crippen LogP contribution in [0.3, 0.4) is 0 Å². The van der Waals surface area contributed by atoms with Crippen molar-refractivity contribution in [2.75, 3.05) is 13.1 Å². The number of amides is 1. The average Bonchev–Trinajstić information content (AvgIpc) is 3.53. The summed E-state index contributed by atoms with van der Waals surface area (Å²) in [5.74, 6) is 0.498. The highest BCUT2D eigenvalue weighted by molar-refractivity contribution is 7.71. The minimum atomic E-state index is -0.0767. The first kappa shape index (κ1) is 22.6. The van der Waals surface area contributed by atoms with E-state index < -0.39 is 0 Å². The first-order chi connectivity index (χ1) is 16.4. The third-order valence-corrected chi connectivity index (χ3v) is 7.23. The van der Waals surface area contributed by atoms with Crippen molar-refractivity contribution in [3.63, 3.8) is 0 Å². The summed E-state index contributed by atoms with van der Waals surface area (Å²) in [6.45, 7) is 7.90. The van der Waals surface area contributed by atoms with E-state index in [1.807, 2.05) is 53.1 Å². The molecule has 2 atom stereocenters. The fraction of sp³-hybridized carbons (Fsp3) is 0.286. The van der Waals surface area contributed by atoms with Crippen LogP contribution in [0, 0.1) is 25.5 Å². The molecule has 0 bridgehead atoms. The number of aryl methyl sites for hydroxylation is 2. The van der Waals surface area contributed by atoms with Gasteiger partial charge in [-0.3, -0.25) is 9.36 Å². The van der Waals surface area contributed by atoms with Gasteiger partial charge in [-0.05, 0) is 92.0 Å². The van der Waals surface area contributed by atoms with E-state index in [0.717, 1.165) is 29.7 Å². The lowest BCUT2D eigenvalue weighted by Crippen LogP contribution is -2.33. The summed E-state index contributed by atoms with van der Waals surface area (Å²) < 4.78 is 2.57. The first-order valence-electron chi connectivity index (χ1n) is 11.8. The highest BCUT2D eigenvalue weighted by Gasteiger charge is 2.37. The number of nitrogens with one attached hydrogen (secondary N) is 3. The van der Waals surface area contributed by atoms with Gasteiger partial charge >= 0.3 is 0 Å². The number of nitrogens with zero attached hydrogens (tertiary/aromatic N) is 1. The summed E-state index contributed by atoms with van der Waals surface area (Å²) in [4.78, 5) is 16.0. The molecule has 1 saturated carbocycles. The zero-order valence-corrected chi connectivity index (χ0v) is 20.6. The zero-order chi connectivity index (χ0) is 23.8. The van der Waals surface area contributed by atoms with Crippen LogP contribution in [-0.4, -0.2) is 34.6 Å². The van der Waals surface area contributed by atoms with Crippen molar-refractivity contribution in [2.45, 2.75) is 39.2 Å². The van der Waals surface area contributed by atoms with Crippen LogP contribution in [0.5, 0.6) is 0 Å². The molecule has 1 aromatic heterocycles. The molecule has 4 aromatic rings. The molecule has 0 radical (unpaired) electrons. The molecule has 6 heteroatoms. The Hall–Kier alpha value is -3.22. The van der Waals surface area contributed by atoms with Gasteiger partial charge in [-0.25, -0.2) is 0 Å². The Labute approximate surface area is 205 Å². The molecule has 1 amide bonds. The molecular weight excluding hydrogens is 440 g/mol. The van der Waals surface area contributed by atoms with Crippen molar-refractivity contribution in [3.05, 3.63) is 93.3 Å². The lowest BCUT2D eigenvalue weighted by molar-refractivity contribution is 0.0954. The van der Waals surface area contributed by atoms with Gasteiger partial charge in [0.2, 0.25) is 0 Å². The van der Waals surface area contributed by atoms with E-state index in [0.29, 0.717) is 28.8 Å². The Balaban J connectivity index is 1.17. The van der Waals surface area contributed by atoms with Gasteiger partial charge in [-0.1, -0.05) is 30.3 Å². The van der Waals surface area contributed by atoms with Crippen LogP contribution in [-0.2, 0) is 0 Å². The minimum absolute atomic E-state index is 0.0767. The van der Waals surface area contributed by atoms with Crippen LogP contribution in [0.2, 0.25) is 0 Å². The highest BCUT2D eigenvalue weighted by atomic mass is 32.1. The number of carbonyl (C=O) groups excluding carboxylic acids is 1. The average molecular weight is 471 g/mol. The Morgan fingerprint density at radius 1 is 1.03 bits per heavy atom. The molecule has 0 saturated heterocycles. The number of fused-ring (bicyclic) bond motifs is 1. The van der Waals surface area contributed by atoms with Crippen LogP contribution < -0.4 is 10.6 Å². The van der Waals surface area contributed by atoms with Crippen LogP contribution in [0.1, 0.15) is 45.0 Å². The van der Waals surface area contributed by atoms with Gasteiger partial charge in [0.15, 0.2) is 4.77 Å². The summed E-state index contributed by atoms with van der Waals surface area (Å²) in [5.41, 5.74) is 9.00. The summed E-state index contributed by atoms with van der Waals surface area (Å²) in [6, 6.07) is 20.7. The second-order valence-electron chi connectivity index (χ2n) is 9.27. The minimum Gasteiger partial charge on any atom is -0.351 e. The number of imidazole rings is 1. The fourth-order valence-corrected chi connectivity index (χ4v) is 5.02. The van der Waals surface area contributed by atoms with Gasteiger partial charge in [-0.2, -0.15) is 0 Å². The molecule has 34 heavy (non-hydrogen) atoms. The van der Waals surface area contributed by atoms with Crippen molar-refractivity contribution in [3.8, 4) is 5.69 Å². The quantitative estimate of drug-likeness (QED) is 0.247. The topological polar surface area (TPSA) is 61.8 Å². The van der Waals surface area contributed by atoms with Crippen LogP contribution in [0.25, 0.3) is 16.7 Å². The molecule has 1 aliphatic carbocycles. The maximum Gasteiger partial charge on any atom is 0.251 e. The van der Waals surface area contributed by atoms with E-state index in [2.05, 4.69) is 48.5 Å². The Morgan fingerprint density at radius 2 is 1.79 bits per heavy atom. The van der Waals surface area contributed by atoms with E-state index in [4.69, 9.17) is 12.2 Å². The van der Waals surface area contributed by atoms with Gasteiger partial charge in [0, 0.05) is 36.3 Å². The van der Waals surface area contributed by atoms with Crippen LogP contribution >= 0.6 is 12.2 Å². The lowest BCUT2D eigenvalue weighted by Gasteiger charge is -2.10. The molecule has 0 spiro atoms. The molecule has 1 aliphatic rings. The number of H-pyrrole nitrogens is 1. The summed E-state index contributed by atoms with van der Waals surface area (Å²) in [6.07, 6.45) is 1.16. The van der Waals surface area contributed by atoms with Crippen molar-refractivity contribution in [1.29, 1.82) is 0 Å². The molecular formula is C28H30N4OS. The Morgan fingerprint density at radius 3 is 2.59 bits per heavy atom. The first-order valence-corrected chi connectivity index (χ1v) is 12.2. The zero-order valence-electron chi connectivity index (χ0n) is 19.8. The van der Waals surface area contributed by atoms with Gasteiger partial charge in [0.25, 0.3) is 5.91 Å². The van der Waals surface area contributed by atoms with Gasteiger partial charge < -0.3 is 15.6 Å². The smallest absolute Gasteiger partial charge is 0.251 e. The molecule has 5 nitrogen and oxygen atoms in total. The molecule has 3 aromatic carbocycles. The molecule has 3 N–H and O–H groups in total. The van der Waals surface area contributed by atoms with E-state index >= 15 is 0 Å². The molecule has 0 aliphatic heterocycles. The van der Waals surface area contributed by atoms with Gasteiger partial charge in [0.1, 0.15) is 0 Å². The molecule has 5 rings (SSSR count). The summed E-state index contributed by atoms with van der Waals surface area (Å²) >= 11 is 5.52. The number of carbonyl (C=O) groups is 1. The normalized spacial score (nSPS) is 17.1. The Kier molecular flexibility index (Phi) is 6.11. The number of rotatable bonds is 7. The maximum absolute atomic E-state index is 12.8. The van der Waals surface area contributed by atoms with Crippen molar-refractivity contribution in [2.24, 2.45) is 0 Å². The number of hydrogen-bond acceptors (Lipinski definition) is 3. The molecule has 2 unspecified atom stereocenters. The molecule has 174 valence electrons. The van der Waals surface area contributed by atoms with E-state index in [1.54, 1.807) is 0 Å². The third-order valence-electron chi connectivity index (χ3n) is 6.94. The predicted octanol–water partition coefficient (Wildman–Crippen LogP) is 5.49. The summed E-state index contributed by atoms with van der Waals surface area (Å²) in [5, 5.41) is 6.63. The number of aromatic nitrogens is 2. The molecule has 1 heterocycles. The monoisotopic (exact) mass is 470 g/mol. The SMILES string of the molecule is Cc1cc(C2CC2NCCNC(=O)c2cccc(-n3c(=S)[nH]c4ccccc43)c2)cc(C)c1C. The summed E-state index contributed by atoms with van der Waals surface area (Å²) in [7, 11) is 0. The van der Waals surface area contributed by atoms with E-state index in [-0.39, 0.29) is 5.91 Å². The van der Waals surface area contributed by atoms with Crippen molar-refractivity contribution in [1.82, 2.24) is 20.2 Å². The largest absolute Gasteiger partial charge is 0.351 e. The van der Waals surface area contributed by atoms with Gasteiger partial charge in [-0.15, -0.1) is 0 Å². The van der Waals surface area contributed by atoms with Crippen molar-refractivity contribution >= 4 is 29.2 Å². The standard InChI is InChI=1S/C28H30N4OS/c1-17-13-21(14-18(2)19(17)3)23-16-25(23)29-11-12-30-27(33)20-7-6-8-22(15-20)32-26-10-5-4-9-24(26)31-28(32)34/h4-10,13-15,23,25,29H,11-12,16H2,1-3H3,(H,30,33)(H,31,34). The van der Waals surface area contributed by atoms with Gasteiger partial charge in [0.05, 0.1) is 11.0 Å². The number of benzene rings is 3. The predicted molar refractivity (Wildman–Crippen MR) is 141 cm³/mol. The number of aromatic amines is 1. The van der Waals surface area contributed by atoms with Crippen LogP contribution in [0.4, 0.5) is 0 Å². The second kappa shape index (κ2) is 9.20. The van der Waals surface area contributed by atoms with Crippen molar-refractivity contribution < 1.29 is 4.79 Å². The fourth-order valence-electron chi connectivity index (χ4n) is 4.71. The van der Waals surface area contributed by atoms with E-state index in [9.17, 15) is 4.79 Å². The number of para-hydroxylation sites is 2. The highest BCUT2D eigenvalue weighted by Crippen LogP contribution is 2.41. The number of hydrogen-bond donors (Lipinski definition) is 3. The Bertz CT molecular complexity index is 1410. The molecule has 1 fully saturated rings. The maximum atomic E-state index is 12.8. The van der Waals surface area contributed by atoms with E-state index in [1.165, 1.54) is 22.3 Å². The second-order valence-corrected chi connectivity index (χ2v) is 9.66.